The van der Waals surface area contributed by atoms with Crippen LogP contribution in [-0.2, 0) is 6.42 Å². The van der Waals surface area contributed by atoms with Crippen LogP contribution >= 0.6 is 0 Å². The number of carbonyl (C=O) groups is 1. The van der Waals surface area contributed by atoms with Crippen LogP contribution in [0.25, 0.3) is 10.9 Å². The summed E-state index contributed by atoms with van der Waals surface area (Å²) in [6.07, 6.45) is 0.246. The van der Waals surface area contributed by atoms with Crippen LogP contribution in [0.1, 0.15) is 27.3 Å². The van der Waals surface area contributed by atoms with Gasteiger partial charge in [0.15, 0.2) is 5.69 Å². The fourth-order valence-corrected chi connectivity index (χ4v) is 3.28. The van der Waals surface area contributed by atoms with Crippen LogP contribution in [-0.4, -0.2) is 27.9 Å². The maximum absolute atomic E-state index is 13.1. The molecule has 2 aromatic heterocycles. The van der Waals surface area contributed by atoms with Gasteiger partial charge in [-0.25, -0.2) is 0 Å². The minimum absolute atomic E-state index is 0.136. The zero-order valence-corrected chi connectivity index (χ0v) is 14.9. The molecule has 0 amide bonds. The molecule has 0 saturated carbocycles. The highest BCUT2D eigenvalue weighted by molar-refractivity contribution is 6.04. The van der Waals surface area contributed by atoms with Gasteiger partial charge in [-0.15, -0.1) is 0 Å². The monoisotopic (exact) mass is 363 g/mol. The number of H-pyrrole nitrogens is 1. The highest BCUT2D eigenvalue weighted by Crippen LogP contribution is 2.31. The van der Waals surface area contributed by atoms with E-state index in [4.69, 9.17) is 4.74 Å². The number of rotatable bonds is 4. The molecule has 1 N–H and O–H groups in total. The number of hydrogen-bond donors (Lipinski definition) is 1. The van der Waals surface area contributed by atoms with Gasteiger partial charge in [0.25, 0.3) is 5.91 Å². The number of ether oxygens (including phenoxy) is 1. The molecule has 136 valence electrons. The van der Waals surface area contributed by atoms with Gasteiger partial charge in [0, 0.05) is 23.1 Å². The van der Waals surface area contributed by atoms with Crippen LogP contribution in [0.3, 0.4) is 0 Å². The number of carbonyl (C=O) groups excluding carboxylic acids is 1. The first-order chi connectivity index (χ1) is 13.1. The Morgan fingerprint density at radius 3 is 2.67 bits per heavy atom. The molecule has 4 aromatic rings. The third kappa shape index (κ3) is 2.83. The lowest BCUT2D eigenvalue weighted by Crippen LogP contribution is -2.14. The number of nitrogens with one attached hydrogen (secondary N) is 1. The standard InChI is InChI=1S/C20H17N3O4/c1-12-15(11-17-19(24)22-27-21-17)16-10-14(26-2)8-9-18(16)23(12)20(25)13-6-4-3-5-7-13/h3-10H,11H2,1-2H3,(H,22,24). The van der Waals surface area contributed by atoms with Gasteiger partial charge in [0.05, 0.1) is 12.6 Å². The van der Waals surface area contributed by atoms with Crippen LogP contribution in [0, 0.1) is 6.92 Å². The van der Waals surface area contributed by atoms with E-state index in [2.05, 4.69) is 14.9 Å². The van der Waals surface area contributed by atoms with Crippen LogP contribution in [0.4, 0.5) is 0 Å². The fourth-order valence-electron chi connectivity index (χ4n) is 3.28. The van der Waals surface area contributed by atoms with E-state index < -0.39 is 0 Å². The van der Waals surface area contributed by atoms with Crippen molar-refractivity contribution in [2.45, 2.75) is 13.3 Å². The molecule has 7 heteroatoms. The number of hydrogen-bond acceptors (Lipinski definition) is 5. The second-order valence-electron chi connectivity index (χ2n) is 6.19. The maximum atomic E-state index is 13.1. The second-order valence-corrected chi connectivity index (χ2v) is 6.19. The Kier molecular flexibility index (Phi) is 4.12. The minimum Gasteiger partial charge on any atom is -0.497 e. The summed E-state index contributed by atoms with van der Waals surface area (Å²) in [5, 5.41) is 6.77. The molecule has 0 aliphatic rings. The molecular weight excluding hydrogens is 346 g/mol. The molecule has 7 nitrogen and oxygen atoms in total. The van der Waals surface area contributed by atoms with E-state index in [1.54, 1.807) is 23.8 Å². The summed E-state index contributed by atoms with van der Waals surface area (Å²) in [5.74, 6) is 0.533. The number of fused-ring (bicyclic) bond motifs is 1. The molecule has 0 aliphatic carbocycles. The van der Waals surface area contributed by atoms with E-state index in [0.29, 0.717) is 11.3 Å². The van der Waals surface area contributed by atoms with Crippen LogP contribution in [0.15, 0.2) is 58.0 Å². The van der Waals surface area contributed by atoms with Crippen molar-refractivity contribution in [1.29, 1.82) is 0 Å². The van der Waals surface area contributed by atoms with E-state index in [1.165, 1.54) is 0 Å². The third-order valence-corrected chi connectivity index (χ3v) is 4.67. The van der Waals surface area contributed by atoms with Crippen LogP contribution in [0.5, 0.6) is 5.75 Å². The molecule has 0 saturated heterocycles. The van der Waals surface area contributed by atoms with Crippen molar-refractivity contribution in [3.8, 4) is 5.75 Å². The Morgan fingerprint density at radius 2 is 2.00 bits per heavy atom. The predicted molar refractivity (Wildman–Crippen MR) is 99.3 cm³/mol. The normalized spacial score (nSPS) is 11.0. The fraction of sp³-hybridized carbons (Fsp3) is 0.150. The predicted octanol–water partition coefficient (Wildman–Crippen LogP) is 2.91. The van der Waals surface area contributed by atoms with Crippen LogP contribution in [0.2, 0.25) is 0 Å². The SMILES string of the molecule is COc1ccc2c(c1)c(Cc1no[nH]c1=O)c(C)n2C(=O)c1ccccc1. The maximum Gasteiger partial charge on any atom is 0.304 e. The molecule has 0 bridgehead atoms. The summed E-state index contributed by atoms with van der Waals surface area (Å²) in [7, 11) is 1.59. The molecule has 0 spiro atoms. The number of benzene rings is 2. The Bertz CT molecular complexity index is 1190. The first kappa shape index (κ1) is 16.8. The van der Waals surface area contributed by atoms with Gasteiger partial charge in [-0.2, -0.15) is 5.16 Å². The second kappa shape index (κ2) is 6.60. The highest BCUT2D eigenvalue weighted by atomic mass is 16.6. The molecule has 4 rings (SSSR count). The first-order valence-electron chi connectivity index (χ1n) is 8.41. The Balaban J connectivity index is 1.94. The average molecular weight is 363 g/mol. The van der Waals surface area contributed by atoms with Crippen molar-refractivity contribution in [2.75, 3.05) is 7.11 Å². The number of aromatic amines is 1. The summed E-state index contributed by atoms with van der Waals surface area (Å²) in [6.45, 7) is 1.86. The van der Waals surface area contributed by atoms with Crippen molar-refractivity contribution >= 4 is 16.8 Å². The minimum atomic E-state index is -0.382. The molecule has 2 heterocycles. The van der Waals surface area contributed by atoms with Gasteiger partial charge in [-0.05, 0) is 42.8 Å². The number of methoxy groups -OCH3 is 1. The smallest absolute Gasteiger partial charge is 0.304 e. The lowest BCUT2D eigenvalue weighted by atomic mass is 10.1. The van der Waals surface area contributed by atoms with Crippen molar-refractivity contribution in [3.05, 3.63) is 81.4 Å². The van der Waals surface area contributed by atoms with E-state index in [-0.39, 0.29) is 23.6 Å². The Hall–Kier alpha value is -3.61. The summed E-state index contributed by atoms with van der Waals surface area (Å²) in [6, 6.07) is 14.6. The number of aromatic nitrogens is 3. The quantitative estimate of drug-likeness (QED) is 0.602. The summed E-state index contributed by atoms with van der Waals surface area (Å²) < 4.78 is 11.6. The van der Waals surface area contributed by atoms with Crippen molar-refractivity contribution in [1.82, 2.24) is 14.9 Å². The van der Waals surface area contributed by atoms with Gasteiger partial charge in [-0.3, -0.25) is 18.8 Å². The molecule has 0 atom stereocenters. The zero-order chi connectivity index (χ0) is 19.0. The van der Waals surface area contributed by atoms with Crippen LogP contribution < -0.4 is 10.3 Å². The van der Waals surface area contributed by atoms with E-state index in [9.17, 15) is 9.59 Å². The van der Waals surface area contributed by atoms with Gasteiger partial charge >= 0.3 is 5.56 Å². The molecule has 0 radical (unpaired) electrons. The van der Waals surface area contributed by atoms with E-state index in [1.807, 2.05) is 43.3 Å². The largest absolute Gasteiger partial charge is 0.497 e. The van der Waals surface area contributed by atoms with Gasteiger partial charge < -0.3 is 4.74 Å². The summed E-state index contributed by atoms with van der Waals surface area (Å²) in [4.78, 5) is 25.0. The zero-order valence-electron chi connectivity index (χ0n) is 14.9. The molecule has 27 heavy (non-hydrogen) atoms. The molecule has 0 fully saturated rings. The van der Waals surface area contributed by atoms with E-state index >= 15 is 0 Å². The lowest BCUT2D eigenvalue weighted by molar-refractivity contribution is 0.0963. The summed E-state index contributed by atoms with van der Waals surface area (Å²) in [5.41, 5.74) is 2.78. The lowest BCUT2D eigenvalue weighted by Gasteiger charge is -2.07. The Labute approximate surface area is 154 Å². The molecule has 2 aromatic carbocycles. The Morgan fingerprint density at radius 1 is 1.22 bits per heavy atom. The third-order valence-electron chi connectivity index (χ3n) is 4.67. The molecule has 0 unspecified atom stereocenters. The van der Waals surface area contributed by atoms with Gasteiger partial charge in [-0.1, -0.05) is 23.4 Å². The topological polar surface area (TPSA) is 90.1 Å². The first-order valence-corrected chi connectivity index (χ1v) is 8.41. The van der Waals surface area contributed by atoms with E-state index in [0.717, 1.165) is 22.2 Å². The van der Waals surface area contributed by atoms with Gasteiger partial charge in [0.2, 0.25) is 0 Å². The van der Waals surface area contributed by atoms with Crippen molar-refractivity contribution in [3.63, 3.8) is 0 Å². The molecule has 0 aliphatic heterocycles. The summed E-state index contributed by atoms with van der Waals surface area (Å²) >= 11 is 0. The average Bonchev–Trinajstić information content (AvgIpc) is 3.23. The van der Waals surface area contributed by atoms with Crippen molar-refractivity contribution < 1.29 is 14.2 Å². The van der Waals surface area contributed by atoms with Crippen molar-refractivity contribution in [2.24, 2.45) is 0 Å². The molecular formula is C20H17N3O4. The number of nitrogens with zero attached hydrogens (tertiary/aromatic N) is 2. The highest BCUT2D eigenvalue weighted by Gasteiger charge is 2.22. The van der Waals surface area contributed by atoms with Gasteiger partial charge in [0.1, 0.15) is 5.75 Å².